The molecule has 0 aromatic carbocycles. The SMILES string of the molecule is CCN(CC1CCCCN1)C(=O)C1CCCCCC1. The third kappa shape index (κ3) is 4.48. The zero-order chi connectivity index (χ0) is 13.5. The molecule has 1 atom stereocenters. The number of piperidine rings is 1. The lowest BCUT2D eigenvalue weighted by molar-refractivity contribution is -0.136. The second kappa shape index (κ2) is 7.88. The van der Waals surface area contributed by atoms with Crippen LogP contribution >= 0.6 is 0 Å². The smallest absolute Gasteiger partial charge is 0.225 e. The average molecular weight is 266 g/mol. The Bertz CT molecular complexity index is 266. The van der Waals surface area contributed by atoms with E-state index >= 15 is 0 Å². The zero-order valence-electron chi connectivity index (χ0n) is 12.5. The molecule has 19 heavy (non-hydrogen) atoms. The molecule has 1 heterocycles. The molecule has 0 aromatic rings. The number of hydrogen-bond acceptors (Lipinski definition) is 2. The van der Waals surface area contributed by atoms with Crippen LogP contribution in [-0.2, 0) is 4.79 Å². The van der Waals surface area contributed by atoms with Crippen molar-refractivity contribution in [3.8, 4) is 0 Å². The quantitative estimate of drug-likeness (QED) is 0.794. The summed E-state index contributed by atoms with van der Waals surface area (Å²) in [5.41, 5.74) is 0. The number of rotatable bonds is 4. The zero-order valence-corrected chi connectivity index (χ0v) is 12.5. The Balaban J connectivity index is 1.85. The van der Waals surface area contributed by atoms with Gasteiger partial charge in [0.1, 0.15) is 0 Å². The number of likely N-dealkylation sites (N-methyl/N-ethyl adjacent to an activating group) is 1. The van der Waals surface area contributed by atoms with Crippen molar-refractivity contribution in [2.24, 2.45) is 5.92 Å². The van der Waals surface area contributed by atoms with Gasteiger partial charge in [-0.25, -0.2) is 0 Å². The summed E-state index contributed by atoms with van der Waals surface area (Å²) in [6.07, 6.45) is 11.2. The van der Waals surface area contributed by atoms with E-state index in [2.05, 4.69) is 17.1 Å². The summed E-state index contributed by atoms with van der Waals surface area (Å²) in [4.78, 5) is 14.8. The molecular weight excluding hydrogens is 236 g/mol. The van der Waals surface area contributed by atoms with Gasteiger partial charge in [0.05, 0.1) is 0 Å². The van der Waals surface area contributed by atoms with Crippen LogP contribution in [0, 0.1) is 5.92 Å². The van der Waals surface area contributed by atoms with E-state index in [1.807, 2.05) is 0 Å². The third-order valence-electron chi connectivity index (χ3n) is 4.75. The largest absolute Gasteiger partial charge is 0.341 e. The van der Waals surface area contributed by atoms with Crippen molar-refractivity contribution in [3.05, 3.63) is 0 Å². The first kappa shape index (κ1) is 14.8. The molecule has 2 rings (SSSR count). The van der Waals surface area contributed by atoms with Crippen molar-refractivity contribution >= 4 is 5.91 Å². The topological polar surface area (TPSA) is 32.3 Å². The average Bonchev–Trinajstić information content (AvgIpc) is 2.74. The molecule has 1 unspecified atom stereocenters. The van der Waals surface area contributed by atoms with Gasteiger partial charge in [0.15, 0.2) is 0 Å². The number of amides is 1. The van der Waals surface area contributed by atoms with E-state index in [9.17, 15) is 4.79 Å². The van der Waals surface area contributed by atoms with E-state index in [-0.39, 0.29) is 0 Å². The van der Waals surface area contributed by atoms with Crippen LogP contribution in [0.2, 0.25) is 0 Å². The van der Waals surface area contributed by atoms with Crippen LogP contribution in [0.25, 0.3) is 0 Å². The van der Waals surface area contributed by atoms with Gasteiger partial charge in [-0.3, -0.25) is 4.79 Å². The standard InChI is InChI=1S/C16H30N2O/c1-2-18(13-15-11-7-8-12-17-15)16(19)14-9-5-3-4-6-10-14/h14-15,17H,2-13H2,1H3. The van der Waals surface area contributed by atoms with Crippen molar-refractivity contribution < 1.29 is 4.79 Å². The van der Waals surface area contributed by atoms with Gasteiger partial charge in [-0.15, -0.1) is 0 Å². The lowest BCUT2D eigenvalue weighted by atomic mass is 9.97. The van der Waals surface area contributed by atoms with Gasteiger partial charge in [-0.05, 0) is 39.2 Å². The van der Waals surface area contributed by atoms with Gasteiger partial charge in [0.25, 0.3) is 0 Å². The molecule has 0 spiro atoms. The molecule has 0 radical (unpaired) electrons. The lowest BCUT2D eigenvalue weighted by Gasteiger charge is -2.32. The molecule has 0 bridgehead atoms. The van der Waals surface area contributed by atoms with E-state index in [4.69, 9.17) is 0 Å². The second-order valence-corrected chi connectivity index (χ2v) is 6.21. The number of carbonyl (C=O) groups excluding carboxylic acids is 1. The first-order chi connectivity index (χ1) is 9.31. The van der Waals surface area contributed by atoms with Gasteiger partial charge in [0.2, 0.25) is 5.91 Å². The molecule has 1 saturated carbocycles. The summed E-state index contributed by atoms with van der Waals surface area (Å²) in [6, 6.07) is 0.531. The Labute approximate surface area is 118 Å². The second-order valence-electron chi connectivity index (χ2n) is 6.21. The summed E-state index contributed by atoms with van der Waals surface area (Å²) in [6.45, 7) is 5.04. The Kier molecular flexibility index (Phi) is 6.15. The Hall–Kier alpha value is -0.570. The summed E-state index contributed by atoms with van der Waals surface area (Å²) >= 11 is 0. The van der Waals surface area contributed by atoms with E-state index in [0.717, 1.165) is 32.5 Å². The van der Waals surface area contributed by atoms with E-state index in [1.165, 1.54) is 44.9 Å². The first-order valence-electron chi connectivity index (χ1n) is 8.33. The fourth-order valence-electron chi connectivity index (χ4n) is 3.51. The highest BCUT2D eigenvalue weighted by Gasteiger charge is 2.26. The molecule has 2 fully saturated rings. The van der Waals surface area contributed by atoms with Crippen LogP contribution in [0.4, 0.5) is 0 Å². The van der Waals surface area contributed by atoms with Crippen molar-refractivity contribution in [2.45, 2.75) is 70.8 Å². The maximum atomic E-state index is 12.7. The van der Waals surface area contributed by atoms with Crippen LogP contribution in [0.15, 0.2) is 0 Å². The van der Waals surface area contributed by atoms with Crippen molar-refractivity contribution in [1.29, 1.82) is 0 Å². The van der Waals surface area contributed by atoms with Gasteiger partial charge in [-0.1, -0.05) is 32.1 Å². The molecule has 2 aliphatic rings. The normalized spacial score (nSPS) is 25.8. The maximum Gasteiger partial charge on any atom is 0.225 e. The van der Waals surface area contributed by atoms with Crippen LogP contribution in [0.5, 0.6) is 0 Å². The Morgan fingerprint density at radius 3 is 2.32 bits per heavy atom. The first-order valence-corrected chi connectivity index (χ1v) is 8.33. The minimum absolute atomic E-state index is 0.311. The van der Waals surface area contributed by atoms with E-state index in [1.54, 1.807) is 0 Å². The third-order valence-corrected chi connectivity index (χ3v) is 4.75. The Morgan fingerprint density at radius 2 is 1.74 bits per heavy atom. The molecule has 110 valence electrons. The highest BCUT2D eigenvalue weighted by molar-refractivity contribution is 5.78. The molecule has 0 aromatic heterocycles. The molecule has 3 heteroatoms. The molecule has 1 aliphatic carbocycles. The monoisotopic (exact) mass is 266 g/mol. The summed E-state index contributed by atoms with van der Waals surface area (Å²) in [5.74, 6) is 0.739. The summed E-state index contributed by atoms with van der Waals surface area (Å²) in [5, 5.41) is 3.56. The van der Waals surface area contributed by atoms with Crippen molar-refractivity contribution in [1.82, 2.24) is 10.2 Å². The fourth-order valence-corrected chi connectivity index (χ4v) is 3.51. The minimum Gasteiger partial charge on any atom is -0.341 e. The highest BCUT2D eigenvalue weighted by Crippen LogP contribution is 2.25. The van der Waals surface area contributed by atoms with E-state index < -0.39 is 0 Å². The molecule has 1 amide bonds. The van der Waals surface area contributed by atoms with Crippen molar-refractivity contribution in [3.63, 3.8) is 0 Å². The number of nitrogens with one attached hydrogen (secondary N) is 1. The van der Waals surface area contributed by atoms with E-state index in [0.29, 0.717) is 17.9 Å². The fraction of sp³-hybridized carbons (Fsp3) is 0.938. The van der Waals surface area contributed by atoms with Gasteiger partial charge in [-0.2, -0.15) is 0 Å². The lowest BCUT2D eigenvalue weighted by Crippen LogP contribution is -2.47. The van der Waals surface area contributed by atoms with Crippen LogP contribution in [-0.4, -0.2) is 36.5 Å². The predicted octanol–water partition coefficient (Wildman–Crippen LogP) is 2.95. The molecular formula is C16H30N2O. The van der Waals surface area contributed by atoms with Crippen molar-refractivity contribution in [2.75, 3.05) is 19.6 Å². The highest BCUT2D eigenvalue weighted by atomic mass is 16.2. The molecule has 3 nitrogen and oxygen atoms in total. The van der Waals surface area contributed by atoms with Crippen LogP contribution in [0.3, 0.4) is 0 Å². The minimum atomic E-state index is 0.311. The Morgan fingerprint density at radius 1 is 1.05 bits per heavy atom. The maximum absolute atomic E-state index is 12.7. The number of hydrogen-bond donors (Lipinski definition) is 1. The molecule has 1 N–H and O–H groups in total. The van der Waals surface area contributed by atoms with Gasteiger partial charge < -0.3 is 10.2 Å². The number of nitrogens with zero attached hydrogens (tertiary/aromatic N) is 1. The molecule has 1 saturated heterocycles. The molecule has 1 aliphatic heterocycles. The van der Waals surface area contributed by atoms with Crippen LogP contribution < -0.4 is 5.32 Å². The summed E-state index contributed by atoms with van der Waals surface area (Å²) in [7, 11) is 0. The van der Waals surface area contributed by atoms with Gasteiger partial charge in [0, 0.05) is 25.0 Å². The number of carbonyl (C=O) groups is 1. The predicted molar refractivity (Wildman–Crippen MR) is 79.1 cm³/mol. The summed E-state index contributed by atoms with van der Waals surface area (Å²) < 4.78 is 0. The van der Waals surface area contributed by atoms with Gasteiger partial charge >= 0.3 is 0 Å². The van der Waals surface area contributed by atoms with Crippen LogP contribution in [0.1, 0.15) is 64.7 Å².